The minimum absolute atomic E-state index is 0.0370. The van der Waals surface area contributed by atoms with Crippen LogP contribution < -0.4 is 11.3 Å². The Balaban J connectivity index is 2.94. The quantitative estimate of drug-likeness (QED) is 0.452. The third-order valence-electron chi connectivity index (χ3n) is 1.88. The highest BCUT2D eigenvalue weighted by atomic mass is 32.1. The van der Waals surface area contributed by atoms with Crippen LogP contribution in [-0.4, -0.2) is 9.59 Å². The summed E-state index contributed by atoms with van der Waals surface area (Å²) < 4.78 is 3.94. The summed E-state index contributed by atoms with van der Waals surface area (Å²) in [6, 6.07) is 0.0370. The van der Waals surface area contributed by atoms with Crippen molar-refractivity contribution in [1.29, 1.82) is 0 Å². The molecule has 3 N–H and O–H groups in total. The number of hydrogen-bond donors (Lipinski definition) is 2. The van der Waals surface area contributed by atoms with Crippen LogP contribution >= 0.6 is 11.5 Å². The lowest BCUT2D eigenvalue weighted by Crippen LogP contribution is -2.26. The fourth-order valence-corrected chi connectivity index (χ4v) is 2.00. The average molecular weight is 212 g/mol. The molecule has 1 unspecified atom stereocenters. The van der Waals surface area contributed by atoms with E-state index in [2.05, 4.69) is 28.0 Å². The average Bonchev–Trinajstić information content (AvgIpc) is 2.61. The Kier molecular flexibility index (Phi) is 4.19. The lowest BCUT2D eigenvalue weighted by molar-refractivity contribution is 0.654. The maximum absolute atomic E-state index is 5.49. The molecule has 0 aliphatic heterocycles. The van der Waals surface area contributed by atoms with E-state index in [0.29, 0.717) is 0 Å². The summed E-state index contributed by atoms with van der Waals surface area (Å²) >= 11 is 1.40. The second kappa shape index (κ2) is 5.19. The molecule has 0 radical (unpaired) electrons. The first-order chi connectivity index (χ1) is 6.69. The Labute approximate surface area is 88.3 Å². The maximum Gasteiger partial charge on any atom is 0.0804 e. The molecule has 4 nitrogen and oxygen atoms in total. The molecule has 0 aliphatic carbocycles. The molecule has 78 valence electrons. The summed E-state index contributed by atoms with van der Waals surface area (Å²) in [5, 5.41) is 4.05. The highest BCUT2D eigenvalue weighted by Gasteiger charge is 2.14. The number of nitrogens with one attached hydrogen (secondary N) is 1. The Morgan fingerprint density at radius 2 is 2.36 bits per heavy atom. The second-order valence-electron chi connectivity index (χ2n) is 3.33. The van der Waals surface area contributed by atoms with Crippen LogP contribution in [0.3, 0.4) is 0 Å². The zero-order valence-corrected chi connectivity index (χ0v) is 9.56. The van der Waals surface area contributed by atoms with E-state index < -0.39 is 0 Å². The summed E-state index contributed by atoms with van der Waals surface area (Å²) in [7, 11) is 0. The highest BCUT2D eigenvalue weighted by molar-refractivity contribution is 7.05. The Morgan fingerprint density at radius 1 is 1.64 bits per heavy atom. The standard InChI is InChI=1S/C9H16N4S/c1-4-7-9(14-13-12-7)8(11-10)5-6(2)3/h5,8,11H,4,10H2,1-3H3. The monoisotopic (exact) mass is 212 g/mol. The molecule has 1 aromatic rings. The molecule has 0 amide bonds. The van der Waals surface area contributed by atoms with E-state index in [4.69, 9.17) is 5.84 Å². The molecule has 0 saturated heterocycles. The predicted molar refractivity (Wildman–Crippen MR) is 58.8 cm³/mol. The van der Waals surface area contributed by atoms with Crippen molar-refractivity contribution >= 4 is 11.5 Å². The van der Waals surface area contributed by atoms with E-state index in [9.17, 15) is 0 Å². The molecule has 0 spiro atoms. The summed E-state index contributed by atoms with van der Waals surface area (Å²) in [5.41, 5.74) is 5.01. The summed E-state index contributed by atoms with van der Waals surface area (Å²) in [4.78, 5) is 1.11. The van der Waals surface area contributed by atoms with Crippen LogP contribution in [-0.2, 0) is 6.42 Å². The van der Waals surface area contributed by atoms with Gasteiger partial charge in [0.2, 0.25) is 0 Å². The molecular formula is C9H16N4S. The van der Waals surface area contributed by atoms with Gasteiger partial charge in [0.15, 0.2) is 0 Å². The Morgan fingerprint density at radius 3 is 2.86 bits per heavy atom. The Bertz CT molecular complexity index is 314. The molecule has 1 rings (SSSR count). The van der Waals surface area contributed by atoms with Gasteiger partial charge in [-0.2, -0.15) is 0 Å². The smallest absolute Gasteiger partial charge is 0.0804 e. The van der Waals surface area contributed by atoms with Gasteiger partial charge in [0.25, 0.3) is 0 Å². The molecule has 1 aromatic heterocycles. The molecule has 14 heavy (non-hydrogen) atoms. The van der Waals surface area contributed by atoms with E-state index in [1.54, 1.807) is 0 Å². The van der Waals surface area contributed by atoms with Gasteiger partial charge >= 0.3 is 0 Å². The van der Waals surface area contributed by atoms with Gasteiger partial charge in [0, 0.05) is 0 Å². The molecule has 1 atom stereocenters. The van der Waals surface area contributed by atoms with E-state index in [-0.39, 0.29) is 6.04 Å². The van der Waals surface area contributed by atoms with Crippen LogP contribution in [0.5, 0.6) is 0 Å². The molecule has 0 aromatic carbocycles. The van der Waals surface area contributed by atoms with Gasteiger partial charge in [-0.3, -0.25) is 5.84 Å². The van der Waals surface area contributed by atoms with Gasteiger partial charge in [0.1, 0.15) is 0 Å². The first-order valence-electron chi connectivity index (χ1n) is 4.61. The zero-order valence-electron chi connectivity index (χ0n) is 8.74. The molecule has 0 aliphatic rings. The molecule has 0 bridgehead atoms. The number of hydrogen-bond acceptors (Lipinski definition) is 5. The van der Waals surface area contributed by atoms with Crippen molar-refractivity contribution in [3.05, 3.63) is 22.2 Å². The topological polar surface area (TPSA) is 63.8 Å². The van der Waals surface area contributed by atoms with Crippen molar-refractivity contribution in [1.82, 2.24) is 15.0 Å². The van der Waals surface area contributed by atoms with Gasteiger partial charge in [-0.15, -0.1) is 5.10 Å². The van der Waals surface area contributed by atoms with Crippen molar-refractivity contribution in [3.8, 4) is 0 Å². The zero-order chi connectivity index (χ0) is 10.6. The van der Waals surface area contributed by atoms with Gasteiger partial charge in [-0.25, -0.2) is 5.43 Å². The van der Waals surface area contributed by atoms with Crippen LogP contribution in [0.15, 0.2) is 11.6 Å². The summed E-state index contributed by atoms with van der Waals surface area (Å²) in [6.07, 6.45) is 2.97. The lowest BCUT2D eigenvalue weighted by atomic mass is 10.1. The first kappa shape index (κ1) is 11.3. The number of allylic oxidation sites excluding steroid dienone is 1. The van der Waals surface area contributed by atoms with Crippen LogP contribution in [0.4, 0.5) is 0 Å². The minimum Gasteiger partial charge on any atom is -0.271 e. The number of aryl methyl sites for hydroxylation is 1. The number of hydrazine groups is 1. The van der Waals surface area contributed by atoms with Crippen molar-refractivity contribution in [2.24, 2.45) is 5.84 Å². The fraction of sp³-hybridized carbons (Fsp3) is 0.556. The van der Waals surface area contributed by atoms with Gasteiger partial charge in [0.05, 0.1) is 16.6 Å². The lowest BCUT2D eigenvalue weighted by Gasteiger charge is -2.10. The molecule has 0 fully saturated rings. The van der Waals surface area contributed by atoms with E-state index in [1.165, 1.54) is 17.1 Å². The number of nitrogens with zero attached hydrogens (tertiary/aromatic N) is 2. The van der Waals surface area contributed by atoms with Crippen molar-refractivity contribution in [3.63, 3.8) is 0 Å². The van der Waals surface area contributed by atoms with E-state index in [0.717, 1.165) is 17.0 Å². The van der Waals surface area contributed by atoms with Gasteiger partial charge in [-0.1, -0.05) is 23.1 Å². The van der Waals surface area contributed by atoms with Crippen molar-refractivity contribution in [2.75, 3.05) is 0 Å². The first-order valence-corrected chi connectivity index (χ1v) is 5.38. The molecule has 5 heteroatoms. The third-order valence-corrected chi connectivity index (χ3v) is 2.73. The largest absolute Gasteiger partial charge is 0.271 e. The molecule has 1 heterocycles. The maximum atomic E-state index is 5.49. The van der Waals surface area contributed by atoms with Crippen LogP contribution in [0.25, 0.3) is 0 Å². The van der Waals surface area contributed by atoms with Crippen molar-refractivity contribution < 1.29 is 0 Å². The van der Waals surface area contributed by atoms with E-state index in [1.807, 2.05) is 13.8 Å². The molecule has 0 saturated carbocycles. The SMILES string of the molecule is CCc1nnsc1C(C=C(C)C)NN. The number of nitrogens with two attached hydrogens (primary N) is 1. The van der Waals surface area contributed by atoms with Crippen molar-refractivity contribution in [2.45, 2.75) is 33.2 Å². The van der Waals surface area contributed by atoms with Gasteiger partial charge < -0.3 is 0 Å². The summed E-state index contributed by atoms with van der Waals surface area (Å²) in [6.45, 7) is 6.16. The minimum atomic E-state index is 0.0370. The normalized spacial score (nSPS) is 12.6. The molecular weight excluding hydrogens is 196 g/mol. The fourth-order valence-electron chi connectivity index (χ4n) is 1.23. The second-order valence-corrected chi connectivity index (χ2v) is 4.11. The predicted octanol–water partition coefficient (Wildman–Crippen LogP) is 1.57. The van der Waals surface area contributed by atoms with Crippen LogP contribution in [0, 0.1) is 0 Å². The van der Waals surface area contributed by atoms with E-state index >= 15 is 0 Å². The van der Waals surface area contributed by atoms with Crippen LogP contribution in [0.1, 0.15) is 37.4 Å². The van der Waals surface area contributed by atoms with Gasteiger partial charge in [-0.05, 0) is 31.8 Å². The number of rotatable bonds is 4. The number of aromatic nitrogens is 2. The third kappa shape index (κ3) is 2.60. The van der Waals surface area contributed by atoms with Crippen LogP contribution in [0.2, 0.25) is 0 Å². The summed E-state index contributed by atoms with van der Waals surface area (Å²) in [5.74, 6) is 5.49. The highest BCUT2D eigenvalue weighted by Crippen LogP contribution is 2.22. The Hall–Kier alpha value is -0.780.